The second-order valence-electron chi connectivity index (χ2n) is 5.88. The van der Waals surface area contributed by atoms with E-state index in [2.05, 4.69) is 10.3 Å². The Labute approximate surface area is 141 Å². The maximum Gasteiger partial charge on any atom is 0.317 e. The number of urea groups is 1. The number of aromatic nitrogens is 2. The highest BCUT2D eigenvalue weighted by Crippen LogP contribution is 2.17. The van der Waals surface area contributed by atoms with Crippen molar-refractivity contribution in [3.8, 4) is 0 Å². The molecule has 1 N–H and O–H groups in total. The lowest BCUT2D eigenvalue weighted by atomic mass is 10.1. The Morgan fingerprint density at radius 2 is 1.96 bits per heavy atom. The van der Waals surface area contributed by atoms with E-state index in [1.54, 1.807) is 4.90 Å². The fraction of sp³-hybridized carbons (Fsp3) is 0.263. The first-order valence-electron chi connectivity index (χ1n) is 8.13. The largest absolute Gasteiger partial charge is 0.338 e. The number of nitrogens with one attached hydrogen (secondary N) is 1. The van der Waals surface area contributed by atoms with Crippen LogP contribution in [0.4, 0.5) is 4.79 Å². The van der Waals surface area contributed by atoms with Gasteiger partial charge in [0, 0.05) is 32.4 Å². The van der Waals surface area contributed by atoms with Gasteiger partial charge in [0.25, 0.3) is 0 Å². The monoisotopic (exact) mass is 322 g/mol. The molecule has 3 aromatic rings. The van der Waals surface area contributed by atoms with Crippen LogP contribution in [0.5, 0.6) is 0 Å². The summed E-state index contributed by atoms with van der Waals surface area (Å²) >= 11 is 0. The molecule has 2 amide bonds. The van der Waals surface area contributed by atoms with Gasteiger partial charge >= 0.3 is 6.03 Å². The van der Waals surface area contributed by atoms with Gasteiger partial charge in [0.1, 0.15) is 5.65 Å². The molecule has 0 aliphatic rings. The van der Waals surface area contributed by atoms with E-state index in [0.29, 0.717) is 13.0 Å². The number of hydrogen-bond donors (Lipinski definition) is 1. The van der Waals surface area contributed by atoms with E-state index in [9.17, 15) is 4.79 Å². The number of nitrogens with zero attached hydrogens (tertiary/aromatic N) is 3. The molecule has 24 heavy (non-hydrogen) atoms. The summed E-state index contributed by atoms with van der Waals surface area (Å²) in [5, 5.41) is 2.96. The smallest absolute Gasteiger partial charge is 0.317 e. The zero-order valence-electron chi connectivity index (χ0n) is 14.0. The van der Waals surface area contributed by atoms with Crippen LogP contribution < -0.4 is 5.32 Å². The maximum atomic E-state index is 12.3. The summed E-state index contributed by atoms with van der Waals surface area (Å²) in [6.45, 7) is 2.59. The number of pyridine rings is 1. The van der Waals surface area contributed by atoms with Crippen molar-refractivity contribution in [2.24, 2.45) is 0 Å². The summed E-state index contributed by atoms with van der Waals surface area (Å²) in [4.78, 5) is 18.6. The van der Waals surface area contributed by atoms with Crippen molar-refractivity contribution in [1.82, 2.24) is 19.6 Å². The van der Waals surface area contributed by atoms with E-state index in [4.69, 9.17) is 0 Å². The number of imidazole rings is 1. The van der Waals surface area contributed by atoms with E-state index >= 15 is 0 Å². The molecule has 2 heterocycles. The van der Waals surface area contributed by atoms with Crippen LogP contribution in [0.3, 0.4) is 0 Å². The highest BCUT2D eigenvalue weighted by Gasteiger charge is 2.16. The molecule has 1 atom stereocenters. The first-order valence-corrected chi connectivity index (χ1v) is 8.13. The fourth-order valence-corrected chi connectivity index (χ4v) is 2.66. The highest BCUT2D eigenvalue weighted by atomic mass is 16.2. The zero-order chi connectivity index (χ0) is 16.9. The quantitative estimate of drug-likeness (QED) is 0.784. The molecule has 1 aromatic carbocycles. The fourth-order valence-electron chi connectivity index (χ4n) is 2.66. The van der Waals surface area contributed by atoms with E-state index in [-0.39, 0.29) is 12.1 Å². The maximum absolute atomic E-state index is 12.3. The molecule has 0 aliphatic carbocycles. The van der Waals surface area contributed by atoms with Crippen LogP contribution in [-0.4, -0.2) is 33.9 Å². The van der Waals surface area contributed by atoms with Crippen LogP contribution in [0.25, 0.3) is 5.65 Å². The van der Waals surface area contributed by atoms with Gasteiger partial charge in [-0.15, -0.1) is 0 Å². The van der Waals surface area contributed by atoms with Gasteiger partial charge in [0.2, 0.25) is 0 Å². The Balaban J connectivity index is 1.53. The summed E-state index contributed by atoms with van der Waals surface area (Å²) in [7, 11) is 1.82. The van der Waals surface area contributed by atoms with E-state index < -0.39 is 0 Å². The number of benzene rings is 1. The Hall–Kier alpha value is -2.82. The molecule has 0 unspecified atom stereocenters. The van der Waals surface area contributed by atoms with Crippen molar-refractivity contribution < 1.29 is 4.79 Å². The molecule has 0 saturated carbocycles. The van der Waals surface area contributed by atoms with Crippen LogP contribution in [0.1, 0.15) is 24.2 Å². The van der Waals surface area contributed by atoms with Crippen LogP contribution in [0, 0.1) is 0 Å². The Bertz CT molecular complexity index is 779. The average Bonchev–Trinajstić information content (AvgIpc) is 3.03. The molecular weight excluding hydrogens is 300 g/mol. The van der Waals surface area contributed by atoms with Crippen molar-refractivity contribution >= 4 is 11.7 Å². The molecule has 0 spiro atoms. The van der Waals surface area contributed by atoms with Crippen LogP contribution >= 0.6 is 0 Å². The summed E-state index contributed by atoms with van der Waals surface area (Å²) in [5.74, 6) is 0. The van der Waals surface area contributed by atoms with Gasteiger partial charge in [-0.2, -0.15) is 0 Å². The minimum Gasteiger partial charge on any atom is -0.338 e. The molecular formula is C19H22N4O. The van der Waals surface area contributed by atoms with Crippen molar-refractivity contribution in [2.45, 2.75) is 19.4 Å². The summed E-state index contributed by atoms with van der Waals surface area (Å²) in [6, 6.07) is 15.9. The molecule has 0 radical (unpaired) electrons. The lowest BCUT2D eigenvalue weighted by Gasteiger charge is -2.25. The lowest BCUT2D eigenvalue weighted by Crippen LogP contribution is -2.39. The Kier molecular flexibility index (Phi) is 4.79. The minimum atomic E-state index is -0.0740. The van der Waals surface area contributed by atoms with Crippen molar-refractivity contribution in [3.63, 3.8) is 0 Å². The first kappa shape index (κ1) is 16.1. The molecule has 0 fully saturated rings. The van der Waals surface area contributed by atoms with Gasteiger partial charge in [-0.25, -0.2) is 9.78 Å². The Morgan fingerprint density at radius 1 is 1.21 bits per heavy atom. The van der Waals surface area contributed by atoms with Gasteiger partial charge in [0.15, 0.2) is 0 Å². The third-order valence-corrected chi connectivity index (χ3v) is 4.25. The summed E-state index contributed by atoms with van der Waals surface area (Å²) in [6.07, 6.45) is 4.68. The molecule has 0 bridgehead atoms. The van der Waals surface area contributed by atoms with Crippen LogP contribution in [-0.2, 0) is 6.42 Å². The second kappa shape index (κ2) is 7.17. The number of carbonyl (C=O) groups excluding carboxylic acids is 1. The standard InChI is InChI=1S/C19H22N4O/c1-15(16-8-4-3-5-9-16)22(2)19(24)20-12-11-17-14-23-13-7-6-10-18(23)21-17/h3-10,13-15H,11-12H2,1-2H3,(H,20,24)/t15-/m0/s1. The zero-order valence-corrected chi connectivity index (χ0v) is 14.0. The van der Waals surface area contributed by atoms with Gasteiger partial charge in [-0.3, -0.25) is 0 Å². The van der Waals surface area contributed by atoms with E-state index in [1.165, 1.54) is 0 Å². The van der Waals surface area contributed by atoms with Gasteiger partial charge < -0.3 is 14.6 Å². The summed E-state index contributed by atoms with van der Waals surface area (Å²) < 4.78 is 1.99. The van der Waals surface area contributed by atoms with Crippen LogP contribution in [0.2, 0.25) is 0 Å². The van der Waals surface area contributed by atoms with Gasteiger partial charge in [0.05, 0.1) is 11.7 Å². The number of rotatable bonds is 5. The van der Waals surface area contributed by atoms with Crippen LogP contribution in [0.15, 0.2) is 60.9 Å². The van der Waals surface area contributed by atoms with Gasteiger partial charge in [-0.05, 0) is 24.6 Å². The van der Waals surface area contributed by atoms with Crippen molar-refractivity contribution in [1.29, 1.82) is 0 Å². The topological polar surface area (TPSA) is 49.6 Å². The third kappa shape index (κ3) is 3.56. The normalized spacial score (nSPS) is 12.1. The Morgan fingerprint density at radius 3 is 2.71 bits per heavy atom. The second-order valence-corrected chi connectivity index (χ2v) is 5.88. The predicted molar refractivity (Wildman–Crippen MR) is 94.9 cm³/mol. The highest BCUT2D eigenvalue weighted by molar-refractivity contribution is 5.74. The van der Waals surface area contributed by atoms with Crippen molar-refractivity contribution in [3.05, 3.63) is 72.2 Å². The minimum absolute atomic E-state index is 0.0291. The van der Waals surface area contributed by atoms with Gasteiger partial charge in [-0.1, -0.05) is 36.4 Å². The molecule has 124 valence electrons. The molecule has 3 rings (SSSR count). The predicted octanol–water partition coefficient (Wildman–Crippen LogP) is 3.28. The summed E-state index contributed by atoms with van der Waals surface area (Å²) in [5.41, 5.74) is 3.02. The molecule has 2 aromatic heterocycles. The number of carbonyl (C=O) groups is 1. The average molecular weight is 322 g/mol. The number of hydrogen-bond acceptors (Lipinski definition) is 2. The lowest BCUT2D eigenvalue weighted by molar-refractivity contribution is 0.194. The SMILES string of the molecule is C[C@@H](c1ccccc1)N(C)C(=O)NCCc1cn2ccccc2n1. The van der Waals surface area contributed by atoms with Crippen molar-refractivity contribution in [2.75, 3.05) is 13.6 Å². The molecule has 0 saturated heterocycles. The van der Waals surface area contributed by atoms with E-state index in [0.717, 1.165) is 16.9 Å². The van der Waals surface area contributed by atoms with E-state index in [1.807, 2.05) is 79.3 Å². The molecule has 5 heteroatoms. The molecule has 5 nitrogen and oxygen atoms in total. The number of amides is 2. The molecule has 0 aliphatic heterocycles. The first-order chi connectivity index (χ1) is 11.6. The third-order valence-electron chi connectivity index (χ3n) is 4.25. The number of fused-ring (bicyclic) bond motifs is 1.